The number of carboxylic acid groups (broad SMARTS) is 1. The Morgan fingerprint density at radius 2 is 2.08 bits per heavy atom. The zero-order valence-electron chi connectivity index (χ0n) is 20.1. The zero-order chi connectivity index (χ0) is 25.4. The third-order valence-corrected chi connectivity index (χ3v) is 7.10. The molecule has 0 spiro atoms. The highest BCUT2D eigenvalue weighted by atomic mass is 32.1. The Morgan fingerprint density at radius 3 is 2.81 bits per heavy atom. The van der Waals surface area contributed by atoms with Crippen LogP contribution in [0, 0.1) is 6.92 Å². The van der Waals surface area contributed by atoms with Gasteiger partial charge in [0.1, 0.15) is 0 Å². The summed E-state index contributed by atoms with van der Waals surface area (Å²) in [6.07, 6.45) is 9.01. The predicted molar refractivity (Wildman–Crippen MR) is 138 cm³/mol. The van der Waals surface area contributed by atoms with Gasteiger partial charge < -0.3 is 20.6 Å². The van der Waals surface area contributed by atoms with E-state index >= 15 is 0 Å². The molecule has 1 aliphatic rings. The summed E-state index contributed by atoms with van der Waals surface area (Å²) in [5.74, 6) is 0.403. The first kappa shape index (κ1) is 23.5. The van der Waals surface area contributed by atoms with Gasteiger partial charge >= 0.3 is 6.09 Å². The zero-order valence-corrected chi connectivity index (χ0v) is 21.0. The van der Waals surface area contributed by atoms with Gasteiger partial charge in [-0.05, 0) is 37.5 Å². The number of carbonyl (C=O) groups is 2. The van der Waals surface area contributed by atoms with Crippen molar-refractivity contribution in [3.05, 3.63) is 53.1 Å². The van der Waals surface area contributed by atoms with Crippen LogP contribution in [0.4, 0.5) is 15.6 Å². The lowest BCUT2D eigenvalue weighted by Crippen LogP contribution is -2.34. The molecule has 4 aromatic heterocycles. The van der Waals surface area contributed by atoms with E-state index in [9.17, 15) is 14.7 Å². The van der Waals surface area contributed by atoms with Crippen LogP contribution in [0.3, 0.4) is 0 Å². The quantitative estimate of drug-likeness (QED) is 0.363. The monoisotopic (exact) mass is 506 g/mol. The Kier molecular flexibility index (Phi) is 6.18. The van der Waals surface area contributed by atoms with Crippen molar-refractivity contribution in [3.8, 4) is 11.3 Å². The number of imidazole rings is 1. The minimum Gasteiger partial charge on any atom is -0.465 e. The fraction of sp³-hybridized carbons (Fsp3) is 0.292. The molecule has 0 radical (unpaired) electrons. The van der Waals surface area contributed by atoms with Crippen molar-refractivity contribution in [2.45, 2.75) is 20.3 Å². The van der Waals surface area contributed by atoms with Gasteiger partial charge in [0.2, 0.25) is 0 Å². The van der Waals surface area contributed by atoms with E-state index in [0.29, 0.717) is 41.5 Å². The Labute approximate surface area is 211 Å². The summed E-state index contributed by atoms with van der Waals surface area (Å²) in [5, 5.41) is 20.7. The molecule has 2 amide bonds. The van der Waals surface area contributed by atoms with E-state index < -0.39 is 6.09 Å². The molecule has 36 heavy (non-hydrogen) atoms. The van der Waals surface area contributed by atoms with E-state index in [-0.39, 0.29) is 12.5 Å². The second-order valence-electron chi connectivity index (χ2n) is 8.54. The van der Waals surface area contributed by atoms with Gasteiger partial charge in [-0.2, -0.15) is 5.10 Å². The van der Waals surface area contributed by atoms with E-state index in [2.05, 4.69) is 20.7 Å². The van der Waals surface area contributed by atoms with Gasteiger partial charge in [0, 0.05) is 38.1 Å². The number of thiophene rings is 1. The van der Waals surface area contributed by atoms with E-state index in [1.165, 1.54) is 16.2 Å². The average molecular weight is 507 g/mol. The lowest BCUT2D eigenvalue weighted by Gasteiger charge is -2.24. The van der Waals surface area contributed by atoms with Gasteiger partial charge in [-0.15, -0.1) is 11.3 Å². The van der Waals surface area contributed by atoms with Gasteiger partial charge in [-0.1, -0.05) is 6.08 Å². The molecule has 1 aliphatic heterocycles. The number of fused-ring (bicyclic) bond motifs is 1. The third-order valence-electron chi connectivity index (χ3n) is 5.95. The standard InChI is InChI=1S/C24H26N8O3S/c1-4-25-23(33)20-14(2)8-19(36-20)29-21-22-26-10-18(16-9-27-30(3)11-16)32(22)13-17(28-21)15-6-5-7-31(12-15)24(34)35/h6,8-11,13H,4-5,7,12H2,1-3H3,(H,25,33)(H,28,29)(H,34,35). The first-order valence-electron chi connectivity index (χ1n) is 11.5. The fourth-order valence-corrected chi connectivity index (χ4v) is 5.20. The van der Waals surface area contributed by atoms with Crippen LogP contribution in [0.5, 0.6) is 0 Å². The molecule has 0 aliphatic carbocycles. The van der Waals surface area contributed by atoms with Crippen LogP contribution in [-0.2, 0) is 7.05 Å². The van der Waals surface area contributed by atoms with E-state index in [1.807, 2.05) is 49.8 Å². The van der Waals surface area contributed by atoms with Gasteiger partial charge in [0.25, 0.3) is 5.91 Å². The summed E-state index contributed by atoms with van der Waals surface area (Å²) < 4.78 is 3.66. The number of nitrogens with zero attached hydrogens (tertiary/aromatic N) is 6. The smallest absolute Gasteiger partial charge is 0.407 e. The molecule has 0 bridgehead atoms. The maximum Gasteiger partial charge on any atom is 0.407 e. The molecule has 4 aromatic rings. The van der Waals surface area contributed by atoms with Crippen LogP contribution < -0.4 is 10.6 Å². The Hall–Kier alpha value is -4.19. The summed E-state index contributed by atoms with van der Waals surface area (Å²) in [5.41, 5.74) is 4.67. The average Bonchev–Trinajstić information content (AvgIpc) is 3.57. The third kappa shape index (κ3) is 4.42. The van der Waals surface area contributed by atoms with Gasteiger partial charge in [-0.3, -0.25) is 13.9 Å². The number of aromatic nitrogens is 5. The number of rotatable bonds is 6. The topological polar surface area (TPSA) is 130 Å². The van der Waals surface area contributed by atoms with Crippen molar-refractivity contribution >= 4 is 45.4 Å². The lowest BCUT2D eigenvalue weighted by molar-refractivity contribution is 0.0959. The van der Waals surface area contributed by atoms with Gasteiger partial charge in [-0.25, -0.2) is 14.8 Å². The predicted octanol–water partition coefficient (Wildman–Crippen LogP) is 3.76. The molecular weight excluding hydrogens is 480 g/mol. The Morgan fingerprint density at radius 1 is 1.25 bits per heavy atom. The number of carbonyl (C=O) groups excluding carboxylic acids is 1. The molecule has 0 unspecified atom stereocenters. The maximum atomic E-state index is 12.4. The molecule has 0 saturated heterocycles. The Balaban J connectivity index is 1.60. The van der Waals surface area contributed by atoms with E-state index in [1.54, 1.807) is 17.1 Å². The van der Waals surface area contributed by atoms with Crippen LogP contribution in [0.2, 0.25) is 0 Å². The van der Waals surface area contributed by atoms with Crippen molar-refractivity contribution in [2.75, 3.05) is 25.0 Å². The normalized spacial score (nSPS) is 13.6. The van der Waals surface area contributed by atoms with Crippen LogP contribution >= 0.6 is 11.3 Å². The molecule has 5 rings (SSSR count). The van der Waals surface area contributed by atoms with Crippen LogP contribution in [0.25, 0.3) is 22.5 Å². The largest absolute Gasteiger partial charge is 0.465 e. The van der Waals surface area contributed by atoms with Crippen LogP contribution in [0.15, 0.2) is 36.9 Å². The molecule has 5 heterocycles. The van der Waals surface area contributed by atoms with E-state index in [4.69, 9.17) is 4.98 Å². The fourth-order valence-electron chi connectivity index (χ4n) is 4.21. The second-order valence-corrected chi connectivity index (χ2v) is 9.60. The summed E-state index contributed by atoms with van der Waals surface area (Å²) >= 11 is 1.35. The van der Waals surface area contributed by atoms with E-state index in [0.717, 1.165) is 27.4 Å². The second kappa shape index (κ2) is 9.46. The maximum absolute atomic E-state index is 12.4. The number of nitrogens with one attached hydrogen (secondary N) is 2. The van der Waals surface area contributed by atoms with Crippen molar-refractivity contribution in [1.82, 2.24) is 34.4 Å². The number of hydrogen-bond acceptors (Lipinski definition) is 7. The van der Waals surface area contributed by atoms with Crippen LogP contribution in [0.1, 0.15) is 34.3 Å². The summed E-state index contributed by atoms with van der Waals surface area (Å²) in [6, 6.07) is 1.91. The number of amides is 2. The number of hydrogen-bond donors (Lipinski definition) is 3. The highest BCUT2D eigenvalue weighted by molar-refractivity contribution is 7.18. The van der Waals surface area contributed by atoms with Gasteiger partial charge in [0.15, 0.2) is 11.5 Å². The SMILES string of the molecule is CCNC(=O)c1sc(Nc2nc(C3=CCCN(C(=O)O)C3)cn3c(-c4cnn(C)c4)cnc23)cc1C. The minimum absolute atomic E-state index is 0.110. The highest BCUT2D eigenvalue weighted by Crippen LogP contribution is 2.33. The summed E-state index contributed by atoms with van der Waals surface area (Å²) in [6.45, 7) is 5.04. The van der Waals surface area contributed by atoms with Crippen LogP contribution in [-0.4, -0.2) is 65.8 Å². The summed E-state index contributed by atoms with van der Waals surface area (Å²) in [4.78, 5) is 35.5. The minimum atomic E-state index is -0.953. The molecular formula is C24H26N8O3S. The molecule has 186 valence electrons. The first-order chi connectivity index (χ1) is 17.3. The lowest BCUT2D eigenvalue weighted by atomic mass is 10.1. The Bertz CT molecular complexity index is 1500. The molecule has 0 atom stereocenters. The number of aryl methyl sites for hydroxylation is 2. The molecule has 3 N–H and O–H groups in total. The van der Waals surface area contributed by atoms with Crippen molar-refractivity contribution in [3.63, 3.8) is 0 Å². The highest BCUT2D eigenvalue weighted by Gasteiger charge is 2.22. The molecule has 0 saturated carbocycles. The van der Waals surface area contributed by atoms with Crippen molar-refractivity contribution < 1.29 is 14.7 Å². The summed E-state index contributed by atoms with van der Waals surface area (Å²) in [7, 11) is 1.85. The molecule has 12 heteroatoms. The number of anilines is 2. The van der Waals surface area contributed by atoms with Crippen molar-refractivity contribution in [2.24, 2.45) is 7.05 Å². The van der Waals surface area contributed by atoms with Crippen molar-refractivity contribution in [1.29, 1.82) is 0 Å². The molecule has 0 fully saturated rings. The first-order valence-corrected chi connectivity index (χ1v) is 12.4. The van der Waals surface area contributed by atoms with Gasteiger partial charge in [0.05, 0.1) is 40.2 Å². The molecule has 11 nitrogen and oxygen atoms in total. The molecule has 0 aromatic carbocycles.